The number of benzene rings is 2. The third kappa shape index (κ3) is 4.61. The van der Waals surface area contributed by atoms with Crippen molar-refractivity contribution < 1.29 is 14.3 Å². The van der Waals surface area contributed by atoms with Crippen LogP contribution in [0.1, 0.15) is 43.5 Å². The number of nitrogens with one attached hydrogen (secondary N) is 2. The first kappa shape index (κ1) is 18.4. The Morgan fingerprint density at radius 1 is 0.962 bits per heavy atom. The Balaban J connectivity index is 1.61. The van der Waals surface area contributed by atoms with E-state index in [0.717, 1.165) is 29.0 Å². The van der Waals surface area contributed by atoms with E-state index in [9.17, 15) is 4.79 Å². The second-order valence-corrected chi connectivity index (χ2v) is 6.81. The normalized spacial score (nSPS) is 15.5. The molecule has 0 radical (unpaired) electrons. The van der Waals surface area contributed by atoms with Crippen LogP contribution in [-0.2, 0) is 0 Å². The van der Waals surface area contributed by atoms with Crippen LogP contribution in [0.3, 0.4) is 0 Å². The molecule has 0 aliphatic carbocycles. The Hall–Kier alpha value is -2.40. The smallest absolute Gasteiger partial charge is 0.315 e. The Bertz CT molecular complexity index is 781. The molecule has 2 atom stereocenters. The number of ether oxygens (including phenoxy) is 2. The van der Waals surface area contributed by atoms with Gasteiger partial charge in [0.05, 0.1) is 25.3 Å². The molecule has 2 aromatic rings. The fraction of sp³-hybridized carbons (Fsp3) is 0.350. The van der Waals surface area contributed by atoms with E-state index in [0.29, 0.717) is 18.2 Å². The molecule has 1 aliphatic rings. The highest BCUT2D eigenvalue weighted by Gasteiger charge is 2.16. The quantitative estimate of drug-likeness (QED) is 0.820. The van der Waals surface area contributed by atoms with Crippen LogP contribution in [0.4, 0.5) is 4.79 Å². The van der Waals surface area contributed by atoms with Gasteiger partial charge in [0, 0.05) is 11.4 Å². The van der Waals surface area contributed by atoms with Crippen molar-refractivity contribution >= 4 is 17.6 Å². The number of urea groups is 1. The SMILES string of the molecule is CC(NC(=O)NC(C)c1ccc2c(c1)OCCCO2)c1cccc(Cl)c1. The van der Waals surface area contributed by atoms with Crippen molar-refractivity contribution in [2.45, 2.75) is 32.4 Å². The van der Waals surface area contributed by atoms with Crippen molar-refractivity contribution in [3.8, 4) is 11.5 Å². The van der Waals surface area contributed by atoms with Gasteiger partial charge in [0.15, 0.2) is 11.5 Å². The van der Waals surface area contributed by atoms with E-state index in [-0.39, 0.29) is 18.1 Å². The Morgan fingerprint density at radius 3 is 2.31 bits per heavy atom. The van der Waals surface area contributed by atoms with Gasteiger partial charge < -0.3 is 20.1 Å². The van der Waals surface area contributed by atoms with Crippen LogP contribution < -0.4 is 20.1 Å². The highest BCUT2D eigenvalue weighted by Crippen LogP contribution is 2.32. The zero-order valence-electron chi connectivity index (χ0n) is 14.9. The number of hydrogen-bond donors (Lipinski definition) is 2. The summed E-state index contributed by atoms with van der Waals surface area (Å²) < 4.78 is 11.4. The molecular weight excluding hydrogens is 352 g/mol. The van der Waals surface area contributed by atoms with Crippen molar-refractivity contribution in [1.29, 1.82) is 0 Å². The monoisotopic (exact) mass is 374 g/mol. The molecule has 0 aromatic heterocycles. The first-order chi connectivity index (χ1) is 12.5. The topological polar surface area (TPSA) is 59.6 Å². The molecule has 6 heteroatoms. The predicted molar refractivity (Wildman–Crippen MR) is 102 cm³/mol. The van der Waals surface area contributed by atoms with E-state index in [1.807, 2.05) is 56.3 Å². The van der Waals surface area contributed by atoms with Gasteiger partial charge in [-0.05, 0) is 49.2 Å². The summed E-state index contributed by atoms with van der Waals surface area (Å²) >= 11 is 6.01. The van der Waals surface area contributed by atoms with Crippen LogP contribution in [-0.4, -0.2) is 19.2 Å². The van der Waals surface area contributed by atoms with Gasteiger partial charge in [-0.25, -0.2) is 4.79 Å². The summed E-state index contributed by atoms with van der Waals surface area (Å²) in [5.41, 5.74) is 1.91. The first-order valence-corrected chi connectivity index (χ1v) is 9.13. The van der Waals surface area contributed by atoms with Gasteiger partial charge in [0.25, 0.3) is 0 Å². The fourth-order valence-electron chi connectivity index (χ4n) is 2.83. The van der Waals surface area contributed by atoms with Crippen LogP contribution in [0.5, 0.6) is 11.5 Å². The Kier molecular flexibility index (Phi) is 5.89. The third-order valence-electron chi connectivity index (χ3n) is 4.32. The minimum atomic E-state index is -0.239. The number of fused-ring (bicyclic) bond motifs is 1. The zero-order valence-corrected chi connectivity index (χ0v) is 15.7. The van der Waals surface area contributed by atoms with Crippen LogP contribution >= 0.6 is 11.6 Å². The summed E-state index contributed by atoms with van der Waals surface area (Å²) in [5, 5.41) is 6.54. The molecule has 138 valence electrons. The van der Waals surface area contributed by atoms with E-state index in [2.05, 4.69) is 10.6 Å². The molecule has 5 nitrogen and oxygen atoms in total. The molecule has 2 aromatic carbocycles. The Morgan fingerprint density at radius 2 is 1.62 bits per heavy atom. The molecule has 0 spiro atoms. The lowest BCUT2D eigenvalue weighted by atomic mass is 10.1. The van der Waals surface area contributed by atoms with Crippen molar-refractivity contribution in [1.82, 2.24) is 10.6 Å². The molecule has 1 heterocycles. The second kappa shape index (κ2) is 8.32. The van der Waals surface area contributed by atoms with E-state index in [4.69, 9.17) is 21.1 Å². The van der Waals surface area contributed by atoms with Gasteiger partial charge >= 0.3 is 6.03 Å². The Labute approximate surface area is 158 Å². The van der Waals surface area contributed by atoms with Gasteiger partial charge in [-0.3, -0.25) is 0 Å². The second-order valence-electron chi connectivity index (χ2n) is 6.37. The molecule has 1 aliphatic heterocycles. The van der Waals surface area contributed by atoms with Crippen molar-refractivity contribution in [2.75, 3.05) is 13.2 Å². The summed E-state index contributed by atoms with van der Waals surface area (Å²) in [6.45, 7) is 5.15. The van der Waals surface area contributed by atoms with Crippen molar-refractivity contribution in [3.05, 3.63) is 58.6 Å². The number of hydrogen-bond acceptors (Lipinski definition) is 3. The zero-order chi connectivity index (χ0) is 18.5. The highest BCUT2D eigenvalue weighted by molar-refractivity contribution is 6.30. The molecular formula is C20H23ClN2O3. The predicted octanol–water partition coefficient (Wildman–Crippen LogP) is 4.62. The van der Waals surface area contributed by atoms with Crippen LogP contribution in [0.25, 0.3) is 0 Å². The van der Waals surface area contributed by atoms with Gasteiger partial charge in [0.1, 0.15) is 0 Å². The summed E-state index contributed by atoms with van der Waals surface area (Å²) in [5.74, 6) is 1.47. The number of rotatable bonds is 4. The molecule has 26 heavy (non-hydrogen) atoms. The standard InChI is InChI=1S/C20H23ClN2O3/c1-13(15-5-3-6-17(21)11-15)22-20(24)23-14(2)16-7-8-18-19(12-16)26-10-4-9-25-18/h3,5-8,11-14H,4,9-10H2,1-2H3,(H2,22,23,24). The number of carbonyl (C=O) groups excluding carboxylic acids is 1. The molecule has 0 saturated heterocycles. The lowest BCUT2D eigenvalue weighted by Crippen LogP contribution is -2.38. The molecule has 0 fully saturated rings. The first-order valence-electron chi connectivity index (χ1n) is 8.75. The molecule has 0 bridgehead atoms. The van der Waals surface area contributed by atoms with Crippen LogP contribution in [0.2, 0.25) is 5.02 Å². The van der Waals surface area contributed by atoms with Gasteiger partial charge in [-0.1, -0.05) is 29.8 Å². The van der Waals surface area contributed by atoms with E-state index < -0.39 is 0 Å². The highest BCUT2D eigenvalue weighted by atomic mass is 35.5. The minimum Gasteiger partial charge on any atom is -0.490 e. The van der Waals surface area contributed by atoms with Crippen LogP contribution in [0.15, 0.2) is 42.5 Å². The maximum atomic E-state index is 12.3. The maximum absolute atomic E-state index is 12.3. The number of carbonyl (C=O) groups is 1. The molecule has 3 rings (SSSR count). The van der Waals surface area contributed by atoms with Gasteiger partial charge in [0.2, 0.25) is 0 Å². The average molecular weight is 375 g/mol. The fourth-order valence-corrected chi connectivity index (χ4v) is 3.03. The van der Waals surface area contributed by atoms with Crippen molar-refractivity contribution in [3.63, 3.8) is 0 Å². The van der Waals surface area contributed by atoms with Crippen LogP contribution in [0, 0.1) is 0 Å². The average Bonchev–Trinajstić information content (AvgIpc) is 2.86. The van der Waals surface area contributed by atoms with E-state index in [1.165, 1.54) is 0 Å². The summed E-state index contributed by atoms with van der Waals surface area (Å²) in [6, 6.07) is 12.7. The summed E-state index contributed by atoms with van der Waals surface area (Å²) in [6.07, 6.45) is 0.863. The molecule has 0 saturated carbocycles. The summed E-state index contributed by atoms with van der Waals surface area (Å²) in [7, 11) is 0. The maximum Gasteiger partial charge on any atom is 0.315 e. The lowest BCUT2D eigenvalue weighted by Gasteiger charge is -2.19. The molecule has 2 unspecified atom stereocenters. The van der Waals surface area contributed by atoms with E-state index in [1.54, 1.807) is 0 Å². The largest absolute Gasteiger partial charge is 0.490 e. The van der Waals surface area contributed by atoms with Gasteiger partial charge in [-0.2, -0.15) is 0 Å². The van der Waals surface area contributed by atoms with Gasteiger partial charge in [-0.15, -0.1) is 0 Å². The minimum absolute atomic E-state index is 0.148. The van der Waals surface area contributed by atoms with E-state index >= 15 is 0 Å². The molecule has 2 N–H and O–H groups in total. The molecule has 2 amide bonds. The lowest BCUT2D eigenvalue weighted by molar-refractivity contribution is 0.235. The summed E-state index contributed by atoms with van der Waals surface area (Å²) in [4.78, 5) is 12.3. The van der Waals surface area contributed by atoms with Crippen molar-refractivity contribution in [2.24, 2.45) is 0 Å². The number of amides is 2. The third-order valence-corrected chi connectivity index (χ3v) is 4.55. The number of halogens is 1.